The van der Waals surface area contributed by atoms with Crippen molar-refractivity contribution in [1.29, 1.82) is 0 Å². The molecule has 0 aliphatic carbocycles. The summed E-state index contributed by atoms with van der Waals surface area (Å²) in [5.41, 5.74) is 2.50. The summed E-state index contributed by atoms with van der Waals surface area (Å²) in [6.45, 7) is 0. The summed E-state index contributed by atoms with van der Waals surface area (Å²) < 4.78 is 0. The predicted molar refractivity (Wildman–Crippen MR) is 43.1 cm³/mol. The molecule has 0 saturated carbocycles. The van der Waals surface area contributed by atoms with Crippen molar-refractivity contribution < 1.29 is 14.9 Å². The van der Waals surface area contributed by atoms with Crippen LogP contribution in [0.1, 0.15) is 0 Å². The van der Waals surface area contributed by atoms with Crippen LogP contribution in [0.3, 0.4) is 0 Å². The second-order valence-corrected chi connectivity index (χ2v) is 2.09. The zero-order valence-corrected chi connectivity index (χ0v) is 7.08. The average Bonchev–Trinajstić information content (AvgIpc) is 2.15. The Hall–Kier alpha value is -2.99. The van der Waals surface area contributed by atoms with Crippen molar-refractivity contribution in [2.75, 3.05) is 0 Å². The monoisotopic (exact) mass is 230 g/mol. The van der Waals surface area contributed by atoms with E-state index in [0.29, 0.717) is 0 Å². The van der Waals surface area contributed by atoms with Crippen molar-refractivity contribution >= 4 is 17.8 Å². The zero-order valence-electron chi connectivity index (χ0n) is 7.08. The highest BCUT2D eigenvalue weighted by atomic mass is 16.7. The van der Waals surface area contributed by atoms with Gasteiger partial charge in [-0.05, 0) is 19.8 Å². The molecule has 0 N–H and O–H groups in total. The molecule has 0 aromatic carbocycles. The first-order valence-corrected chi connectivity index (χ1v) is 3.31. The van der Waals surface area contributed by atoms with Crippen molar-refractivity contribution in [1.82, 2.24) is 15.0 Å². The van der Waals surface area contributed by atoms with Gasteiger partial charge in [0.1, 0.15) is 5.03 Å². The van der Waals surface area contributed by atoms with E-state index in [2.05, 4.69) is 20.4 Å². The highest BCUT2D eigenvalue weighted by Gasteiger charge is 2.25. The first kappa shape index (κ1) is 11.1. The Kier molecular flexibility index (Phi) is 2.79. The van der Waals surface area contributed by atoms with E-state index in [4.69, 9.17) is 0 Å². The molecule has 16 heavy (non-hydrogen) atoms. The van der Waals surface area contributed by atoms with Gasteiger partial charge < -0.3 is 20.2 Å². The molecule has 0 aliphatic heterocycles. The summed E-state index contributed by atoms with van der Waals surface area (Å²) in [6, 6.07) is 0. The number of hydrogen-bond donors (Lipinski definition) is 0. The molecule has 13 nitrogen and oxygen atoms in total. The van der Waals surface area contributed by atoms with Gasteiger partial charge in [-0.1, -0.05) is 0 Å². The molecule has 0 bridgehead atoms. The molecular formula is C3N7O6-. The predicted octanol–water partition coefficient (Wildman–Crippen LogP) is -0.115. The molecule has 1 aromatic rings. The first-order chi connectivity index (χ1) is 7.40. The molecule has 0 saturated heterocycles. The van der Waals surface area contributed by atoms with E-state index >= 15 is 0 Å². The fraction of sp³-hybridized carbons (Fsp3) is 0. The standard InChI is InChI=1S/C3N7O6/c11-8(12)2-4-1(7-10(15)16)5-3(6-2)9(13)14/q-1. The molecular weight excluding hydrogens is 230 g/mol. The molecule has 0 aliphatic rings. The van der Waals surface area contributed by atoms with Gasteiger partial charge in [-0.2, -0.15) is 0 Å². The van der Waals surface area contributed by atoms with Gasteiger partial charge in [-0.25, -0.2) is 10.1 Å². The van der Waals surface area contributed by atoms with Crippen LogP contribution in [-0.2, 0) is 0 Å². The molecule has 0 amide bonds. The number of nitrogens with zero attached hydrogens (tertiary/aromatic N) is 7. The van der Waals surface area contributed by atoms with Crippen molar-refractivity contribution in [3.8, 4) is 0 Å². The van der Waals surface area contributed by atoms with E-state index in [1.807, 2.05) is 0 Å². The van der Waals surface area contributed by atoms with Gasteiger partial charge >= 0.3 is 17.8 Å². The molecule has 13 heteroatoms. The smallest absolute Gasteiger partial charge is 0.390 e. The maximum atomic E-state index is 10.2. The normalized spacial score (nSPS) is 9.50. The van der Waals surface area contributed by atoms with Crippen LogP contribution < -0.4 is 0 Å². The number of nitro groups is 3. The van der Waals surface area contributed by atoms with Crippen LogP contribution >= 0.6 is 0 Å². The third-order valence-electron chi connectivity index (χ3n) is 1.10. The van der Waals surface area contributed by atoms with Crippen molar-refractivity contribution in [3.05, 3.63) is 35.8 Å². The van der Waals surface area contributed by atoms with E-state index in [-0.39, 0.29) is 0 Å². The summed E-state index contributed by atoms with van der Waals surface area (Å²) in [5, 5.41) is 29.1. The van der Waals surface area contributed by atoms with Crippen LogP contribution in [0.2, 0.25) is 0 Å². The Morgan fingerprint density at radius 2 is 1.31 bits per heavy atom. The van der Waals surface area contributed by atoms with E-state index in [0.717, 1.165) is 0 Å². The van der Waals surface area contributed by atoms with Crippen molar-refractivity contribution in [2.24, 2.45) is 0 Å². The minimum Gasteiger partial charge on any atom is -0.390 e. The summed E-state index contributed by atoms with van der Waals surface area (Å²) in [6.07, 6.45) is 0. The van der Waals surface area contributed by atoms with Crippen LogP contribution in [-0.4, -0.2) is 29.8 Å². The highest BCUT2D eigenvalue weighted by Crippen LogP contribution is 2.18. The third kappa shape index (κ3) is 2.50. The lowest BCUT2D eigenvalue weighted by atomic mass is 10.8. The van der Waals surface area contributed by atoms with Crippen LogP contribution in [0.4, 0.5) is 17.8 Å². The lowest BCUT2D eigenvalue weighted by Crippen LogP contribution is -2.04. The summed E-state index contributed by atoms with van der Waals surface area (Å²) in [4.78, 5) is 36.8. The lowest BCUT2D eigenvalue weighted by Gasteiger charge is -1.94. The van der Waals surface area contributed by atoms with E-state index < -0.39 is 32.7 Å². The Balaban J connectivity index is 3.23. The van der Waals surface area contributed by atoms with Crippen molar-refractivity contribution in [2.45, 2.75) is 0 Å². The molecule has 0 radical (unpaired) electrons. The molecule has 1 rings (SSSR count). The maximum absolute atomic E-state index is 10.2. The van der Waals surface area contributed by atoms with Crippen LogP contribution in [0.15, 0.2) is 0 Å². The topological polar surface area (TPSA) is 182 Å². The van der Waals surface area contributed by atoms with Crippen LogP contribution in [0.5, 0.6) is 0 Å². The first-order valence-electron chi connectivity index (χ1n) is 3.31. The van der Waals surface area contributed by atoms with Gasteiger partial charge in [-0.3, -0.25) is 0 Å². The van der Waals surface area contributed by atoms with E-state index in [1.54, 1.807) is 0 Å². The zero-order chi connectivity index (χ0) is 12.3. The Morgan fingerprint density at radius 3 is 1.62 bits per heavy atom. The second kappa shape index (κ2) is 4.03. The minimum atomic E-state index is -1.25. The van der Waals surface area contributed by atoms with Gasteiger partial charge in [-0.15, -0.1) is 0 Å². The minimum absolute atomic E-state index is 1.02. The fourth-order valence-corrected chi connectivity index (χ4v) is 0.624. The third-order valence-corrected chi connectivity index (χ3v) is 1.10. The average molecular weight is 230 g/mol. The van der Waals surface area contributed by atoms with Gasteiger partial charge in [0.15, 0.2) is 0 Å². The van der Waals surface area contributed by atoms with Gasteiger partial charge in [0, 0.05) is 10.4 Å². The van der Waals surface area contributed by atoms with Crippen LogP contribution in [0, 0.1) is 30.3 Å². The number of rotatable bonds is 4. The van der Waals surface area contributed by atoms with Gasteiger partial charge in [0.2, 0.25) is 0 Å². The van der Waals surface area contributed by atoms with Gasteiger partial charge in [0.25, 0.3) is 0 Å². The fourth-order valence-electron chi connectivity index (χ4n) is 0.624. The van der Waals surface area contributed by atoms with Crippen LogP contribution in [0.25, 0.3) is 5.43 Å². The van der Waals surface area contributed by atoms with E-state index in [9.17, 15) is 30.3 Å². The Morgan fingerprint density at radius 1 is 0.875 bits per heavy atom. The molecule has 0 spiro atoms. The summed E-state index contributed by atoms with van der Waals surface area (Å²) in [7, 11) is 0. The highest BCUT2D eigenvalue weighted by molar-refractivity contribution is 5.32. The Labute approximate surface area is 84.6 Å². The molecule has 0 unspecified atom stereocenters. The second-order valence-electron chi connectivity index (χ2n) is 2.09. The van der Waals surface area contributed by atoms with Crippen molar-refractivity contribution in [3.63, 3.8) is 0 Å². The lowest BCUT2D eigenvalue weighted by molar-refractivity contribution is -0.422. The molecule has 1 aromatic heterocycles. The van der Waals surface area contributed by atoms with E-state index in [1.165, 1.54) is 0 Å². The quantitative estimate of drug-likeness (QED) is 0.502. The summed E-state index contributed by atoms with van der Waals surface area (Å²) >= 11 is 0. The molecule has 0 fully saturated rings. The summed E-state index contributed by atoms with van der Waals surface area (Å²) in [5.74, 6) is -3.40. The maximum Gasteiger partial charge on any atom is 0.478 e. The number of aromatic nitrogens is 3. The molecule has 0 atom stereocenters. The molecule has 84 valence electrons. The SMILES string of the molecule is O=[N+]([O-])[N-]c1nc([N+](=O)[O-])nc([N+](=O)[O-])n1. The molecule has 1 heterocycles. The Bertz CT molecular complexity index is 439. The largest absolute Gasteiger partial charge is 0.478 e. The number of hydrogen-bond acceptors (Lipinski definition) is 9. The van der Waals surface area contributed by atoms with Gasteiger partial charge in [0.05, 0.1) is 0 Å².